The number of pyridine rings is 1. The number of rotatable bonds is 6. The first-order valence-corrected chi connectivity index (χ1v) is 8.01. The van der Waals surface area contributed by atoms with Crippen LogP contribution in [0.5, 0.6) is 0 Å². The summed E-state index contributed by atoms with van der Waals surface area (Å²) in [7, 11) is -3.95. The van der Waals surface area contributed by atoms with Gasteiger partial charge in [-0.15, -0.1) is 0 Å². The van der Waals surface area contributed by atoms with Crippen LogP contribution in [-0.2, 0) is 10.1 Å². The lowest BCUT2D eigenvalue weighted by Gasteiger charge is -2.03. The third-order valence-corrected chi connectivity index (χ3v) is 3.03. The fraction of sp³-hybridized carbons (Fsp3) is 0.615. The van der Waals surface area contributed by atoms with Crippen molar-refractivity contribution >= 4 is 10.1 Å². The average Bonchev–Trinajstić information content (AvgIpc) is 2.32. The summed E-state index contributed by atoms with van der Waals surface area (Å²) in [4.78, 5) is 5.18. The maximum atomic E-state index is 9.95. The second-order valence-electron chi connectivity index (χ2n) is 4.12. The molecule has 0 amide bonds. The van der Waals surface area contributed by atoms with Crippen LogP contribution in [0.15, 0.2) is 24.5 Å². The lowest BCUT2D eigenvalue weighted by molar-refractivity contribution is -0.891. The van der Waals surface area contributed by atoms with E-state index in [2.05, 4.69) is 6.92 Å². The molecule has 0 N–H and O–H groups in total. The summed E-state index contributed by atoms with van der Waals surface area (Å²) in [6.45, 7) is 6.67. The molecule has 0 spiro atoms. The van der Waals surface area contributed by atoms with Gasteiger partial charge in [0.25, 0.3) is 0 Å². The fourth-order valence-corrected chi connectivity index (χ4v) is 1.81. The Morgan fingerprint density at radius 1 is 1.21 bits per heavy atom. The van der Waals surface area contributed by atoms with Gasteiger partial charge in [0.05, 0.1) is 10.1 Å². The second kappa shape index (κ2) is 9.75. The van der Waals surface area contributed by atoms with Crippen molar-refractivity contribution in [2.45, 2.75) is 40.0 Å². The first-order valence-electron chi connectivity index (χ1n) is 6.43. The maximum Gasteiger partial charge on any atom is 0.222 e. The van der Waals surface area contributed by atoms with Crippen molar-refractivity contribution in [2.75, 3.05) is 12.4 Å². The Morgan fingerprint density at radius 3 is 2.21 bits per heavy atom. The van der Waals surface area contributed by atoms with E-state index < -0.39 is 10.1 Å². The monoisotopic (exact) mass is 289 g/mol. The first kappa shape index (κ1) is 17.9. The number of aryl methyl sites for hydroxylation is 1. The van der Waals surface area contributed by atoms with Crippen LogP contribution < -0.4 is 9.57 Å². The number of aromatic nitrogens is 1. The summed E-state index contributed by atoms with van der Waals surface area (Å²) in [6.07, 6.45) is 6.07. The van der Waals surface area contributed by atoms with Crippen molar-refractivity contribution in [1.82, 2.24) is 0 Å². The molecule has 0 bridgehead atoms. The van der Waals surface area contributed by atoms with Gasteiger partial charge in [0.1, 0.15) is 0 Å². The summed E-state index contributed by atoms with van der Waals surface area (Å²) in [5.41, 5.74) is 1.25. The third kappa shape index (κ3) is 11.7. The quantitative estimate of drug-likeness (QED) is 0.451. The van der Waals surface area contributed by atoms with Gasteiger partial charge in [-0.05, 0) is 25.8 Å². The minimum Gasteiger partial charge on any atom is -0.748 e. The Hall–Kier alpha value is -1.14. The molecule has 0 unspecified atom stereocenters. The fourth-order valence-electron chi connectivity index (χ4n) is 1.25. The van der Waals surface area contributed by atoms with Crippen LogP contribution in [0.2, 0.25) is 0 Å². The van der Waals surface area contributed by atoms with Crippen LogP contribution in [0, 0.1) is 6.92 Å². The van der Waals surface area contributed by atoms with Gasteiger partial charge >= 0.3 is 0 Å². The molecule has 5 nitrogen and oxygen atoms in total. The molecule has 6 heteroatoms. The number of nitrogens with zero attached hydrogens (tertiary/aromatic N) is 1. The van der Waals surface area contributed by atoms with Gasteiger partial charge < -0.3 is 4.55 Å². The summed E-state index contributed by atoms with van der Waals surface area (Å²) in [6, 6.07) is 4.02. The molecule has 0 saturated carbocycles. The lowest BCUT2D eigenvalue weighted by Crippen LogP contribution is -2.41. The molecular formula is C13H23NO4S. The highest BCUT2D eigenvalue weighted by Crippen LogP contribution is 1.96. The van der Waals surface area contributed by atoms with E-state index in [4.69, 9.17) is 4.84 Å². The zero-order valence-electron chi connectivity index (χ0n) is 11.8. The summed E-state index contributed by atoms with van der Waals surface area (Å²) in [5, 5.41) is 0. The molecule has 1 rings (SSSR count). The van der Waals surface area contributed by atoms with Crippen molar-refractivity contribution < 1.29 is 22.5 Å². The van der Waals surface area contributed by atoms with Crippen molar-refractivity contribution in [3.05, 3.63) is 30.1 Å². The summed E-state index contributed by atoms with van der Waals surface area (Å²) >= 11 is 0. The van der Waals surface area contributed by atoms with E-state index in [-0.39, 0.29) is 5.75 Å². The molecule has 0 radical (unpaired) electrons. The molecule has 0 aliphatic rings. The first-order chi connectivity index (χ1) is 8.89. The summed E-state index contributed by atoms with van der Waals surface area (Å²) < 4.78 is 31.6. The standard InChI is InChI=1S/C8H12NO.C5H12O3S/c1-3-10-9-6-4-8(2)5-7-9;1-2-3-4-5-9(6,7)8/h4-7H,3H2,1-2H3;2-5H2,1H3,(H,6,7,8)/q+1;/p-1. The molecule has 19 heavy (non-hydrogen) atoms. The van der Waals surface area contributed by atoms with Crippen molar-refractivity contribution in [3.63, 3.8) is 0 Å². The Kier molecular flexibility index (Phi) is 9.16. The Balaban J connectivity index is 0.000000344. The highest BCUT2D eigenvalue weighted by Gasteiger charge is 1.95. The smallest absolute Gasteiger partial charge is 0.222 e. The van der Waals surface area contributed by atoms with E-state index in [1.165, 1.54) is 5.56 Å². The van der Waals surface area contributed by atoms with Crippen LogP contribution >= 0.6 is 0 Å². The number of hydrogen-bond donors (Lipinski definition) is 0. The molecule has 1 aromatic heterocycles. The Morgan fingerprint density at radius 2 is 1.79 bits per heavy atom. The minimum absolute atomic E-state index is 0.208. The van der Waals surface area contributed by atoms with Gasteiger partial charge in [-0.3, -0.25) is 4.84 Å². The van der Waals surface area contributed by atoms with Gasteiger partial charge in [-0.1, -0.05) is 19.8 Å². The minimum atomic E-state index is -3.95. The molecular weight excluding hydrogens is 266 g/mol. The van der Waals surface area contributed by atoms with Crippen LogP contribution in [0.1, 0.15) is 38.7 Å². The maximum absolute atomic E-state index is 9.95. The van der Waals surface area contributed by atoms with Crippen LogP contribution in [-0.4, -0.2) is 25.3 Å². The Bertz CT molecular complexity index is 428. The lowest BCUT2D eigenvalue weighted by atomic mass is 10.3. The van der Waals surface area contributed by atoms with E-state index in [0.29, 0.717) is 13.0 Å². The van der Waals surface area contributed by atoms with E-state index in [1.54, 1.807) is 4.73 Å². The van der Waals surface area contributed by atoms with Crippen LogP contribution in [0.25, 0.3) is 0 Å². The number of hydrogen-bond acceptors (Lipinski definition) is 4. The Labute approximate surface area is 115 Å². The average molecular weight is 289 g/mol. The largest absolute Gasteiger partial charge is 0.748 e. The molecule has 1 heterocycles. The van der Waals surface area contributed by atoms with Gasteiger partial charge in [-0.25, -0.2) is 8.42 Å². The van der Waals surface area contributed by atoms with Crippen molar-refractivity contribution in [1.29, 1.82) is 0 Å². The van der Waals surface area contributed by atoms with Gasteiger partial charge in [0.2, 0.25) is 12.4 Å². The highest BCUT2D eigenvalue weighted by molar-refractivity contribution is 7.85. The normalized spacial score (nSPS) is 10.5. The predicted octanol–water partition coefficient (Wildman–Crippen LogP) is 1.45. The van der Waals surface area contributed by atoms with E-state index in [9.17, 15) is 13.0 Å². The van der Waals surface area contributed by atoms with E-state index in [1.807, 2.05) is 38.4 Å². The van der Waals surface area contributed by atoms with Crippen LogP contribution in [0.3, 0.4) is 0 Å². The van der Waals surface area contributed by atoms with Gasteiger partial charge in [0.15, 0.2) is 6.61 Å². The SMILES string of the molecule is CCCCCS(=O)(=O)[O-].CCO[n+]1ccc(C)cc1. The topological polar surface area (TPSA) is 70.3 Å². The highest BCUT2D eigenvalue weighted by atomic mass is 32.2. The molecule has 0 aromatic carbocycles. The van der Waals surface area contributed by atoms with Crippen molar-refractivity contribution in [3.8, 4) is 0 Å². The molecule has 110 valence electrons. The van der Waals surface area contributed by atoms with Crippen LogP contribution in [0.4, 0.5) is 0 Å². The zero-order valence-corrected chi connectivity index (χ0v) is 12.6. The van der Waals surface area contributed by atoms with E-state index in [0.717, 1.165) is 12.8 Å². The molecule has 1 aromatic rings. The van der Waals surface area contributed by atoms with Gasteiger partial charge in [0, 0.05) is 22.6 Å². The third-order valence-electron chi connectivity index (χ3n) is 2.24. The molecule has 0 aliphatic carbocycles. The van der Waals surface area contributed by atoms with E-state index >= 15 is 0 Å². The molecule has 0 fully saturated rings. The molecule has 0 saturated heterocycles. The zero-order chi connectivity index (χ0) is 14.7. The van der Waals surface area contributed by atoms with Crippen molar-refractivity contribution in [2.24, 2.45) is 0 Å². The number of unbranched alkanes of at least 4 members (excludes halogenated alkanes) is 2. The van der Waals surface area contributed by atoms with Gasteiger partial charge in [-0.2, -0.15) is 0 Å². The second-order valence-corrected chi connectivity index (χ2v) is 5.65. The molecule has 0 aliphatic heterocycles. The predicted molar refractivity (Wildman–Crippen MR) is 72.6 cm³/mol. The molecule has 0 atom stereocenters. The summed E-state index contributed by atoms with van der Waals surface area (Å²) in [5.74, 6) is -0.208.